The Bertz CT molecular complexity index is 1140. The molecule has 31 heavy (non-hydrogen) atoms. The van der Waals surface area contributed by atoms with Crippen LogP contribution in [0.25, 0.3) is 0 Å². The number of halogens is 1. The molecule has 0 fully saturated rings. The number of sulfonamides is 1. The van der Waals surface area contributed by atoms with Gasteiger partial charge in [-0.1, -0.05) is 11.6 Å². The molecular formula is C21H20ClN3O5S. The maximum Gasteiger partial charge on any atom is 0.261 e. The van der Waals surface area contributed by atoms with Gasteiger partial charge < -0.3 is 14.8 Å². The first kappa shape index (κ1) is 22.5. The first-order valence-corrected chi connectivity index (χ1v) is 11.0. The smallest absolute Gasteiger partial charge is 0.261 e. The number of hydrogen-bond acceptors (Lipinski definition) is 6. The molecule has 0 spiro atoms. The maximum atomic E-state index is 12.6. The zero-order valence-electron chi connectivity index (χ0n) is 16.5. The molecule has 0 aliphatic carbocycles. The lowest BCUT2D eigenvalue weighted by Gasteiger charge is -2.12. The topological polar surface area (TPSA) is 107 Å². The van der Waals surface area contributed by atoms with Gasteiger partial charge in [-0.3, -0.25) is 9.52 Å². The third-order valence-corrected chi connectivity index (χ3v) is 5.72. The van der Waals surface area contributed by atoms with Crippen LogP contribution in [0.15, 0.2) is 71.8 Å². The Hall–Kier alpha value is -3.14. The van der Waals surface area contributed by atoms with Gasteiger partial charge in [-0.2, -0.15) is 0 Å². The van der Waals surface area contributed by atoms with Crippen LogP contribution >= 0.6 is 11.6 Å². The van der Waals surface area contributed by atoms with Gasteiger partial charge in [0.25, 0.3) is 15.9 Å². The van der Waals surface area contributed by atoms with E-state index in [-0.39, 0.29) is 22.9 Å². The molecule has 3 aromatic rings. The highest BCUT2D eigenvalue weighted by molar-refractivity contribution is 7.92. The number of hydrogen-bond donors (Lipinski definition) is 2. The predicted molar refractivity (Wildman–Crippen MR) is 118 cm³/mol. The molecule has 0 saturated heterocycles. The summed E-state index contributed by atoms with van der Waals surface area (Å²) in [5.74, 6) is -0.168. The highest BCUT2D eigenvalue weighted by Gasteiger charge is 2.16. The second kappa shape index (κ2) is 10.3. The predicted octanol–water partition coefficient (Wildman–Crippen LogP) is 3.81. The van der Waals surface area contributed by atoms with Gasteiger partial charge in [-0.05, 0) is 60.7 Å². The number of benzene rings is 2. The van der Waals surface area contributed by atoms with Crippen molar-refractivity contribution in [2.24, 2.45) is 0 Å². The molecule has 8 nitrogen and oxygen atoms in total. The Labute approximate surface area is 185 Å². The monoisotopic (exact) mass is 461 g/mol. The maximum absolute atomic E-state index is 12.6. The van der Waals surface area contributed by atoms with Gasteiger partial charge in [-0.25, -0.2) is 13.4 Å². The van der Waals surface area contributed by atoms with E-state index in [9.17, 15) is 13.2 Å². The van der Waals surface area contributed by atoms with Crippen molar-refractivity contribution in [1.82, 2.24) is 4.98 Å². The fourth-order valence-electron chi connectivity index (χ4n) is 2.53. The van der Waals surface area contributed by atoms with Gasteiger partial charge in [0, 0.05) is 29.6 Å². The van der Waals surface area contributed by atoms with Crippen LogP contribution < -0.4 is 14.8 Å². The summed E-state index contributed by atoms with van der Waals surface area (Å²) in [4.78, 5) is 16.7. The number of pyridine rings is 1. The van der Waals surface area contributed by atoms with Crippen molar-refractivity contribution in [2.45, 2.75) is 4.90 Å². The average Bonchev–Trinajstić information content (AvgIpc) is 2.76. The Balaban J connectivity index is 1.70. The van der Waals surface area contributed by atoms with Crippen LogP contribution in [0.1, 0.15) is 10.4 Å². The van der Waals surface area contributed by atoms with E-state index in [1.165, 1.54) is 24.3 Å². The lowest BCUT2D eigenvalue weighted by molar-refractivity contribution is 0.102. The Morgan fingerprint density at radius 1 is 1.03 bits per heavy atom. The largest absolute Gasteiger partial charge is 0.474 e. The number of anilines is 2. The number of nitrogens with one attached hydrogen (secondary N) is 2. The number of amides is 1. The number of ether oxygens (including phenoxy) is 2. The molecule has 0 atom stereocenters. The minimum atomic E-state index is -3.81. The van der Waals surface area contributed by atoms with E-state index in [0.717, 1.165) is 0 Å². The van der Waals surface area contributed by atoms with Crippen molar-refractivity contribution >= 4 is 38.9 Å². The van der Waals surface area contributed by atoms with Crippen molar-refractivity contribution < 1.29 is 22.7 Å². The van der Waals surface area contributed by atoms with Crippen molar-refractivity contribution in [1.29, 1.82) is 0 Å². The molecule has 0 radical (unpaired) electrons. The molecule has 0 aliphatic heterocycles. The summed E-state index contributed by atoms with van der Waals surface area (Å²) in [5.41, 5.74) is 1.05. The molecule has 3 rings (SSSR count). The van der Waals surface area contributed by atoms with Crippen LogP contribution in [-0.4, -0.2) is 39.6 Å². The van der Waals surface area contributed by atoms with Crippen molar-refractivity contribution in [3.05, 3.63) is 77.4 Å². The van der Waals surface area contributed by atoms with E-state index in [1.807, 2.05) is 0 Å². The van der Waals surface area contributed by atoms with Crippen molar-refractivity contribution in [2.75, 3.05) is 30.4 Å². The Morgan fingerprint density at radius 3 is 2.42 bits per heavy atom. The van der Waals surface area contributed by atoms with Crippen LogP contribution in [0.2, 0.25) is 5.02 Å². The summed E-state index contributed by atoms with van der Waals surface area (Å²) in [6.45, 7) is 0.660. The zero-order valence-corrected chi connectivity index (χ0v) is 18.1. The number of carbonyl (C=O) groups excluding carboxylic acids is 1. The lowest BCUT2D eigenvalue weighted by Crippen LogP contribution is -2.16. The molecule has 2 aromatic carbocycles. The normalized spacial score (nSPS) is 11.0. The minimum Gasteiger partial charge on any atom is -0.474 e. The van der Waals surface area contributed by atoms with Gasteiger partial charge >= 0.3 is 0 Å². The van der Waals surface area contributed by atoms with Crippen molar-refractivity contribution in [3.63, 3.8) is 0 Å². The molecule has 10 heteroatoms. The molecule has 0 aliphatic rings. The van der Waals surface area contributed by atoms with Crippen LogP contribution in [0, 0.1) is 0 Å². The van der Waals surface area contributed by atoms with Crippen LogP contribution in [0.5, 0.6) is 5.88 Å². The average molecular weight is 462 g/mol. The molecular weight excluding hydrogens is 442 g/mol. The fourth-order valence-corrected chi connectivity index (χ4v) is 3.72. The lowest BCUT2D eigenvalue weighted by atomic mass is 10.2. The first-order valence-electron chi connectivity index (χ1n) is 9.15. The number of nitrogens with zero attached hydrogens (tertiary/aromatic N) is 1. The summed E-state index contributed by atoms with van der Waals surface area (Å²) in [6.07, 6.45) is 1.55. The summed E-state index contributed by atoms with van der Waals surface area (Å²) >= 11 is 5.81. The van der Waals surface area contributed by atoms with E-state index in [0.29, 0.717) is 23.0 Å². The van der Waals surface area contributed by atoms with E-state index in [2.05, 4.69) is 15.0 Å². The van der Waals surface area contributed by atoms with Crippen LogP contribution in [0.3, 0.4) is 0 Å². The second-order valence-corrected chi connectivity index (χ2v) is 8.41. The van der Waals surface area contributed by atoms with Gasteiger partial charge in [0.2, 0.25) is 5.88 Å². The van der Waals surface area contributed by atoms with Crippen LogP contribution in [0.4, 0.5) is 11.4 Å². The molecule has 0 saturated carbocycles. The third-order valence-electron chi connectivity index (χ3n) is 4.07. The zero-order chi connectivity index (χ0) is 22.3. The number of aromatic nitrogens is 1. The van der Waals surface area contributed by atoms with Gasteiger partial charge in [0.05, 0.1) is 11.5 Å². The van der Waals surface area contributed by atoms with Crippen LogP contribution in [-0.2, 0) is 14.8 Å². The van der Waals surface area contributed by atoms with E-state index < -0.39 is 15.9 Å². The fraction of sp³-hybridized carbons (Fsp3) is 0.143. The third kappa shape index (κ3) is 6.17. The Kier molecular flexibility index (Phi) is 7.45. The second-order valence-electron chi connectivity index (χ2n) is 6.29. The standard InChI is InChI=1S/C21H20ClN3O5S/c1-29-13-14-30-21-19(3-2-12-23-21)24-20(26)15-4-10-18(11-5-15)31(27,28)25-17-8-6-16(22)7-9-17/h2-12,25H,13-14H2,1H3,(H,24,26). The molecule has 1 aromatic heterocycles. The van der Waals surface area contributed by atoms with Gasteiger partial charge in [0.1, 0.15) is 12.3 Å². The summed E-state index contributed by atoms with van der Waals surface area (Å²) in [5, 5.41) is 3.21. The highest BCUT2D eigenvalue weighted by Crippen LogP contribution is 2.22. The van der Waals surface area contributed by atoms with E-state index in [1.54, 1.807) is 49.7 Å². The first-order chi connectivity index (χ1) is 14.9. The minimum absolute atomic E-state index is 0.0176. The molecule has 0 unspecified atom stereocenters. The molecule has 162 valence electrons. The Morgan fingerprint density at radius 2 is 1.74 bits per heavy atom. The van der Waals surface area contributed by atoms with E-state index >= 15 is 0 Å². The molecule has 2 N–H and O–H groups in total. The molecule has 0 bridgehead atoms. The molecule has 1 amide bonds. The molecule has 1 heterocycles. The summed E-state index contributed by atoms with van der Waals surface area (Å²) in [6, 6.07) is 15.2. The highest BCUT2D eigenvalue weighted by atomic mass is 35.5. The number of rotatable bonds is 9. The summed E-state index contributed by atoms with van der Waals surface area (Å²) < 4.78 is 38.0. The van der Waals surface area contributed by atoms with E-state index in [4.69, 9.17) is 21.1 Å². The van der Waals surface area contributed by atoms with Gasteiger partial charge in [0.15, 0.2) is 0 Å². The number of carbonyl (C=O) groups is 1. The van der Waals surface area contributed by atoms with Gasteiger partial charge in [-0.15, -0.1) is 0 Å². The number of methoxy groups -OCH3 is 1. The van der Waals surface area contributed by atoms with Crippen molar-refractivity contribution in [3.8, 4) is 5.88 Å². The quantitative estimate of drug-likeness (QED) is 0.469. The summed E-state index contributed by atoms with van der Waals surface area (Å²) in [7, 11) is -2.26. The SMILES string of the molecule is COCCOc1ncccc1NC(=O)c1ccc(S(=O)(=O)Nc2ccc(Cl)cc2)cc1.